The fourth-order valence-electron chi connectivity index (χ4n) is 2.06. The van der Waals surface area contributed by atoms with Crippen LogP contribution < -0.4 is 0 Å². The zero-order valence-electron chi connectivity index (χ0n) is 12.4. The van der Waals surface area contributed by atoms with Gasteiger partial charge in [0.25, 0.3) is 5.91 Å². The molecule has 21 heavy (non-hydrogen) atoms. The van der Waals surface area contributed by atoms with Gasteiger partial charge >= 0.3 is 5.97 Å². The predicted octanol–water partition coefficient (Wildman–Crippen LogP) is 0.432. The second-order valence-electron chi connectivity index (χ2n) is 4.88. The molecular weight excluding hydrogens is 274 g/mol. The van der Waals surface area contributed by atoms with Crippen molar-refractivity contribution < 1.29 is 14.7 Å². The van der Waals surface area contributed by atoms with Crippen LogP contribution in [0.4, 0.5) is 0 Å². The summed E-state index contributed by atoms with van der Waals surface area (Å²) in [6.45, 7) is 2.26. The minimum atomic E-state index is -1.17. The molecule has 8 heteroatoms. The zero-order valence-corrected chi connectivity index (χ0v) is 12.4. The summed E-state index contributed by atoms with van der Waals surface area (Å²) >= 11 is 0. The van der Waals surface area contributed by atoms with E-state index in [2.05, 4.69) is 10.2 Å². The highest BCUT2D eigenvalue weighted by Gasteiger charge is 2.24. The Labute approximate surface area is 121 Å². The maximum Gasteiger partial charge on any atom is 0.339 e. The average Bonchev–Trinajstić information content (AvgIpc) is 2.95. The number of hydrogen-bond donors (Lipinski definition) is 1. The summed E-state index contributed by atoms with van der Waals surface area (Å²) in [5.74, 6) is -1.56. The van der Waals surface area contributed by atoms with Gasteiger partial charge in [0, 0.05) is 38.9 Å². The van der Waals surface area contributed by atoms with Crippen LogP contribution in [0, 0.1) is 6.92 Å². The molecular formula is C13H17N5O3. The van der Waals surface area contributed by atoms with Gasteiger partial charge < -0.3 is 10.0 Å². The van der Waals surface area contributed by atoms with Crippen LogP contribution in [-0.2, 0) is 20.6 Å². The molecule has 0 bridgehead atoms. The Balaban J connectivity index is 2.26. The fourth-order valence-corrected chi connectivity index (χ4v) is 2.06. The van der Waals surface area contributed by atoms with Crippen molar-refractivity contribution in [1.29, 1.82) is 0 Å². The third kappa shape index (κ3) is 2.64. The SMILES string of the molecule is Cc1c(CN(C)C(=O)c2c(C(=O)O)cnn2C)cnn1C. The van der Waals surface area contributed by atoms with Gasteiger partial charge in [0.1, 0.15) is 11.3 Å². The van der Waals surface area contributed by atoms with Gasteiger partial charge in [0.15, 0.2) is 0 Å². The Morgan fingerprint density at radius 2 is 1.86 bits per heavy atom. The minimum Gasteiger partial charge on any atom is -0.478 e. The molecule has 1 amide bonds. The normalized spacial score (nSPS) is 10.7. The van der Waals surface area contributed by atoms with Gasteiger partial charge in [-0.3, -0.25) is 14.2 Å². The highest BCUT2D eigenvalue weighted by molar-refractivity contribution is 6.03. The van der Waals surface area contributed by atoms with E-state index in [1.54, 1.807) is 25.0 Å². The van der Waals surface area contributed by atoms with Gasteiger partial charge in [-0.15, -0.1) is 0 Å². The van der Waals surface area contributed by atoms with Gasteiger partial charge in [-0.2, -0.15) is 10.2 Å². The predicted molar refractivity (Wildman–Crippen MR) is 73.9 cm³/mol. The number of nitrogens with zero attached hydrogens (tertiary/aromatic N) is 5. The van der Waals surface area contributed by atoms with E-state index in [-0.39, 0.29) is 11.3 Å². The standard InChI is InChI=1S/C13H17N5O3/c1-8-9(5-14-17(8)3)7-16(2)12(19)11-10(13(20)21)6-15-18(11)4/h5-6H,7H2,1-4H3,(H,20,21). The highest BCUT2D eigenvalue weighted by Crippen LogP contribution is 2.14. The number of carboxylic acids is 1. The van der Waals surface area contributed by atoms with Crippen LogP contribution in [0.3, 0.4) is 0 Å². The molecule has 0 saturated heterocycles. The summed E-state index contributed by atoms with van der Waals surface area (Å²) in [5, 5.41) is 17.1. The molecule has 0 saturated carbocycles. The third-order valence-electron chi connectivity index (χ3n) is 3.46. The summed E-state index contributed by atoms with van der Waals surface area (Å²) in [4.78, 5) is 25.0. The lowest BCUT2D eigenvalue weighted by Gasteiger charge is -2.17. The van der Waals surface area contributed by atoms with Crippen molar-refractivity contribution in [3.8, 4) is 0 Å². The quantitative estimate of drug-likeness (QED) is 0.882. The van der Waals surface area contributed by atoms with E-state index in [4.69, 9.17) is 5.11 Å². The molecule has 0 aliphatic carbocycles. The number of rotatable bonds is 4. The minimum absolute atomic E-state index is 0.0616. The Kier molecular flexibility index (Phi) is 3.79. The van der Waals surface area contributed by atoms with Gasteiger partial charge in [0.05, 0.1) is 12.4 Å². The first kappa shape index (κ1) is 14.8. The lowest BCUT2D eigenvalue weighted by molar-refractivity contribution is 0.0678. The van der Waals surface area contributed by atoms with Crippen LogP contribution in [0.1, 0.15) is 32.1 Å². The summed E-state index contributed by atoms with van der Waals surface area (Å²) in [6.07, 6.45) is 2.87. The molecule has 8 nitrogen and oxygen atoms in total. The summed E-state index contributed by atoms with van der Waals surface area (Å²) < 4.78 is 3.00. The van der Waals surface area contributed by atoms with E-state index in [1.165, 1.54) is 15.8 Å². The number of aryl methyl sites for hydroxylation is 2. The van der Waals surface area contributed by atoms with Crippen molar-refractivity contribution in [2.45, 2.75) is 13.5 Å². The molecule has 0 aliphatic rings. The second-order valence-corrected chi connectivity index (χ2v) is 4.88. The van der Waals surface area contributed by atoms with Crippen LogP contribution in [0.15, 0.2) is 12.4 Å². The molecule has 2 aromatic rings. The molecule has 2 rings (SSSR count). The number of carbonyl (C=O) groups excluding carboxylic acids is 1. The Hall–Kier alpha value is -2.64. The molecule has 0 aromatic carbocycles. The summed E-state index contributed by atoms with van der Waals surface area (Å²) in [6, 6.07) is 0. The van der Waals surface area contributed by atoms with Gasteiger partial charge in [0.2, 0.25) is 0 Å². The first-order valence-electron chi connectivity index (χ1n) is 6.31. The van der Waals surface area contributed by atoms with E-state index in [9.17, 15) is 9.59 Å². The Morgan fingerprint density at radius 3 is 2.38 bits per heavy atom. The van der Waals surface area contributed by atoms with Crippen LogP contribution in [0.25, 0.3) is 0 Å². The van der Waals surface area contributed by atoms with E-state index in [0.29, 0.717) is 6.54 Å². The van der Waals surface area contributed by atoms with Crippen molar-refractivity contribution in [3.05, 3.63) is 34.9 Å². The van der Waals surface area contributed by atoms with Gasteiger partial charge in [-0.25, -0.2) is 4.79 Å². The highest BCUT2D eigenvalue weighted by atomic mass is 16.4. The maximum absolute atomic E-state index is 12.4. The summed E-state index contributed by atoms with van der Waals surface area (Å²) in [5.41, 5.74) is 1.83. The smallest absolute Gasteiger partial charge is 0.339 e. The van der Waals surface area contributed by atoms with Crippen molar-refractivity contribution >= 4 is 11.9 Å². The number of hydrogen-bond acceptors (Lipinski definition) is 4. The van der Waals surface area contributed by atoms with Crippen molar-refractivity contribution in [1.82, 2.24) is 24.5 Å². The van der Waals surface area contributed by atoms with Crippen molar-refractivity contribution in [2.24, 2.45) is 14.1 Å². The summed E-state index contributed by atoms with van der Waals surface area (Å²) in [7, 11) is 4.99. The molecule has 112 valence electrons. The topological polar surface area (TPSA) is 93.2 Å². The second kappa shape index (κ2) is 5.39. The van der Waals surface area contributed by atoms with E-state index >= 15 is 0 Å². The average molecular weight is 291 g/mol. The van der Waals surface area contributed by atoms with Crippen LogP contribution in [0.2, 0.25) is 0 Å². The van der Waals surface area contributed by atoms with Gasteiger partial charge in [-0.1, -0.05) is 0 Å². The van der Waals surface area contributed by atoms with E-state index < -0.39 is 11.9 Å². The molecule has 0 radical (unpaired) electrons. The molecule has 0 aliphatic heterocycles. The largest absolute Gasteiger partial charge is 0.478 e. The first-order chi connectivity index (χ1) is 9.82. The van der Waals surface area contributed by atoms with Crippen molar-refractivity contribution in [3.63, 3.8) is 0 Å². The Bertz CT molecular complexity index is 701. The maximum atomic E-state index is 12.4. The van der Waals surface area contributed by atoms with Crippen molar-refractivity contribution in [2.75, 3.05) is 7.05 Å². The lowest BCUT2D eigenvalue weighted by atomic mass is 10.2. The van der Waals surface area contributed by atoms with E-state index in [0.717, 1.165) is 11.3 Å². The monoisotopic (exact) mass is 291 g/mol. The molecule has 0 spiro atoms. The van der Waals surface area contributed by atoms with Crippen LogP contribution >= 0.6 is 0 Å². The molecule has 0 unspecified atom stereocenters. The molecule has 0 fully saturated rings. The Morgan fingerprint density at radius 1 is 1.24 bits per heavy atom. The zero-order chi connectivity index (χ0) is 15.7. The van der Waals surface area contributed by atoms with Crippen LogP contribution in [0.5, 0.6) is 0 Å². The van der Waals surface area contributed by atoms with Gasteiger partial charge in [-0.05, 0) is 6.92 Å². The van der Waals surface area contributed by atoms with Crippen LogP contribution in [-0.4, -0.2) is 48.5 Å². The number of aromatic nitrogens is 4. The fraction of sp³-hybridized carbons (Fsp3) is 0.385. The molecule has 2 heterocycles. The third-order valence-corrected chi connectivity index (χ3v) is 3.46. The number of carboxylic acid groups (broad SMARTS) is 1. The number of carbonyl (C=O) groups is 2. The molecule has 2 aromatic heterocycles. The van der Waals surface area contributed by atoms with E-state index in [1.807, 2.05) is 14.0 Å². The number of amides is 1. The first-order valence-corrected chi connectivity index (χ1v) is 6.31. The molecule has 0 atom stereocenters. The number of aromatic carboxylic acids is 1. The molecule has 1 N–H and O–H groups in total. The lowest BCUT2D eigenvalue weighted by Crippen LogP contribution is -2.29.